The summed E-state index contributed by atoms with van der Waals surface area (Å²) in [7, 11) is -1.04. The lowest BCUT2D eigenvalue weighted by Gasteiger charge is -2.34. The van der Waals surface area contributed by atoms with Crippen LogP contribution in [0.25, 0.3) is 6.08 Å². The molecule has 2 aromatic carbocycles. The number of hydrogen-bond donors (Lipinski definition) is 2. The average molecular weight is 623 g/mol. The fraction of sp³-hybridized carbons (Fsp3) is 0.424. The van der Waals surface area contributed by atoms with Crippen molar-refractivity contribution in [2.75, 3.05) is 57.8 Å². The summed E-state index contributed by atoms with van der Waals surface area (Å²) in [6, 6.07) is 16.5. The highest BCUT2D eigenvalue weighted by molar-refractivity contribution is 7.91. The monoisotopic (exact) mass is 622 g/mol. The van der Waals surface area contributed by atoms with Gasteiger partial charge in [-0.25, -0.2) is 18.0 Å². The van der Waals surface area contributed by atoms with Crippen LogP contribution in [0.15, 0.2) is 71.4 Å². The summed E-state index contributed by atoms with van der Waals surface area (Å²) in [5.41, 5.74) is 6.39. The van der Waals surface area contributed by atoms with Gasteiger partial charge in [0.2, 0.25) is 0 Å². The Balaban J connectivity index is 0.000000488. The zero-order chi connectivity index (χ0) is 31.9. The van der Waals surface area contributed by atoms with Crippen molar-refractivity contribution in [3.63, 3.8) is 0 Å². The number of rotatable bonds is 8. The Kier molecular flexibility index (Phi) is 11.1. The molecule has 0 bridgehead atoms. The fourth-order valence-electron chi connectivity index (χ4n) is 5.96. The van der Waals surface area contributed by atoms with Gasteiger partial charge in [0, 0.05) is 50.8 Å². The van der Waals surface area contributed by atoms with E-state index in [1.165, 1.54) is 11.1 Å². The maximum atomic E-state index is 13.2. The van der Waals surface area contributed by atoms with Crippen molar-refractivity contribution in [1.29, 1.82) is 0 Å². The van der Waals surface area contributed by atoms with Crippen LogP contribution in [0.4, 0.5) is 0 Å². The Bertz CT molecular complexity index is 1530. The summed E-state index contributed by atoms with van der Waals surface area (Å²) in [6.45, 7) is 10.5. The second-order valence-corrected chi connectivity index (χ2v) is 13.8. The molecule has 3 aliphatic rings. The minimum absolute atomic E-state index is 0.0518. The van der Waals surface area contributed by atoms with Gasteiger partial charge in [0.1, 0.15) is 0 Å². The van der Waals surface area contributed by atoms with Gasteiger partial charge in [-0.15, -0.1) is 0 Å². The summed E-state index contributed by atoms with van der Waals surface area (Å²) in [4.78, 5) is 24.0. The molecular formula is C33H42N4O6S. The summed E-state index contributed by atoms with van der Waals surface area (Å²) in [5.74, 6) is -2.44. The molecule has 0 amide bonds. The van der Waals surface area contributed by atoms with E-state index in [2.05, 4.69) is 72.1 Å². The first-order valence-electron chi connectivity index (χ1n) is 14.9. The highest BCUT2D eigenvalue weighted by atomic mass is 32.2. The Morgan fingerprint density at radius 2 is 1.52 bits per heavy atom. The third-order valence-electron chi connectivity index (χ3n) is 8.28. The predicted octanol–water partition coefficient (Wildman–Crippen LogP) is 3.49. The van der Waals surface area contributed by atoms with E-state index in [0.717, 1.165) is 68.1 Å². The second-order valence-electron chi connectivity index (χ2n) is 11.6. The molecule has 0 saturated carbocycles. The van der Waals surface area contributed by atoms with Crippen LogP contribution in [-0.2, 0) is 19.4 Å². The number of carboxylic acid groups (broad SMARTS) is 2. The Hall–Kier alpha value is -3.80. The van der Waals surface area contributed by atoms with Crippen molar-refractivity contribution in [3.8, 4) is 0 Å². The van der Waals surface area contributed by atoms with Crippen LogP contribution in [0.5, 0.6) is 0 Å². The van der Waals surface area contributed by atoms with Crippen molar-refractivity contribution < 1.29 is 28.2 Å². The third-order valence-corrected chi connectivity index (χ3v) is 9.90. The molecule has 10 nitrogen and oxygen atoms in total. The van der Waals surface area contributed by atoms with Crippen LogP contribution in [0.1, 0.15) is 34.7 Å². The molecular weight excluding hydrogens is 580 g/mol. The second kappa shape index (κ2) is 14.8. The molecule has 2 aromatic rings. The Labute approximate surface area is 259 Å². The van der Waals surface area contributed by atoms with Gasteiger partial charge in [-0.3, -0.25) is 5.01 Å². The van der Waals surface area contributed by atoms with Gasteiger partial charge in [-0.05, 0) is 67.8 Å². The molecule has 2 saturated heterocycles. The van der Waals surface area contributed by atoms with Gasteiger partial charge in [-0.1, -0.05) is 48.5 Å². The third kappa shape index (κ3) is 8.87. The Morgan fingerprint density at radius 1 is 0.909 bits per heavy atom. The van der Waals surface area contributed by atoms with E-state index in [-0.39, 0.29) is 23.5 Å². The highest BCUT2D eigenvalue weighted by Crippen LogP contribution is 2.42. The van der Waals surface area contributed by atoms with E-state index in [0.29, 0.717) is 12.2 Å². The number of fused-ring (bicyclic) bond motifs is 1. The van der Waals surface area contributed by atoms with E-state index >= 15 is 0 Å². The summed E-state index contributed by atoms with van der Waals surface area (Å²) < 4.78 is 26.3. The number of hydrogen-bond acceptors (Lipinski definition) is 8. The van der Waals surface area contributed by atoms with Crippen LogP contribution < -0.4 is 0 Å². The molecule has 0 spiro atoms. The largest absolute Gasteiger partial charge is 0.478 e. The fourth-order valence-corrected chi connectivity index (χ4v) is 7.67. The molecule has 236 valence electrons. The molecule has 44 heavy (non-hydrogen) atoms. The molecule has 3 heterocycles. The molecule has 3 aliphatic heterocycles. The number of carbonyl (C=O) groups is 2. The molecule has 2 atom stereocenters. The van der Waals surface area contributed by atoms with Gasteiger partial charge >= 0.3 is 11.9 Å². The van der Waals surface area contributed by atoms with Gasteiger partial charge in [0.05, 0.1) is 23.3 Å². The standard InChI is InChI=1S/C29H38N4O2S.C4H4O4/c1-22-9-4-6-11-24(22)19-25-20-36(34,35)21-27-28(25)30-33(29(27)26-12-7-5-10-23(26)2)14-8-13-32-17-15-31(3)16-18-32;5-3(6)1-2-4(7)8/h4-7,9-12,19,27,29H,8,13-18,20-21H2,1-3H3;1-2H,(H,5,6)(H,7,8). The maximum absolute atomic E-state index is 13.2. The molecule has 5 rings (SSSR count). The number of aliphatic carboxylic acids is 2. The lowest BCUT2D eigenvalue weighted by atomic mass is 9.86. The minimum Gasteiger partial charge on any atom is -0.478 e. The van der Waals surface area contributed by atoms with E-state index in [1.54, 1.807) is 0 Å². The van der Waals surface area contributed by atoms with Crippen LogP contribution >= 0.6 is 0 Å². The van der Waals surface area contributed by atoms with Crippen LogP contribution in [0.2, 0.25) is 0 Å². The zero-order valence-electron chi connectivity index (χ0n) is 25.6. The molecule has 11 heteroatoms. The molecule has 2 unspecified atom stereocenters. The zero-order valence-corrected chi connectivity index (χ0v) is 26.4. The SMILES string of the molecule is Cc1ccccc1C=C1CS(=O)(=O)CC2C1=NN(CCCN1CCN(C)CC1)C2c1ccccc1C.O=C(O)C=CC(=O)O. The van der Waals surface area contributed by atoms with E-state index in [4.69, 9.17) is 15.3 Å². The van der Waals surface area contributed by atoms with Crippen LogP contribution in [0.3, 0.4) is 0 Å². The van der Waals surface area contributed by atoms with Crippen LogP contribution in [-0.4, -0.2) is 109 Å². The van der Waals surface area contributed by atoms with Gasteiger partial charge < -0.3 is 20.0 Å². The number of sulfone groups is 1. The predicted molar refractivity (Wildman–Crippen MR) is 172 cm³/mol. The van der Waals surface area contributed by atoms with Crippen molar-refractivity contribution in [2.45, 2.75) is 26.3 Å². The van der Waals surface area contributed by atoms with Crippen molar-refractivity contribution in [2.24, 2.45) is 11.0 Å². The quantitative estimate of drug-likeness (QED) is 0.425. The van der Waals surface area contributed by atoms with E-state index < -0.39 is 21.8 Å². The maximum Gasteiger partial charge on any atom is 0.328 e. The summed E-state index contributed by atoms with van der Waals surface area (Å²) in [6.07, 6.45) is 4.18. The Morgan fingerprint density at radius 3 is 2.14 bits per heavy atom. The molecule has 0 radical (unpaired) electrons. The van der Waals surface area contributed by atoms with Crippen LogP contribution in [0, 0.1) is 19.8 Å². The van der Waals surface area contributed by atoms with Gasteiger partial charge in [0.15, 0.2) is 9.84 Å². The average Bonchev–Trinajstić information content (AvgIpc) is 3.31. The summed E-state index contributed by atoms with van der Waals surface area (Å²) >= 11 is 0. The number of hydrazone groups is 1. The topological polar surface area (TPSA) is 131 Å². The first-order chi connectivity index (χ1) is 20.9. The van der Waals surface area contributed by atoms with Crippen molar-refractivity contribution in [1.82, 2.24) is 14.8 Å². The first kappa shape index (κ1) is 33.1. The van der Waals surface area contributed by atoms with Gasteiger partial charge in [0.25, 0.3) is 0 Å². The molecule has 2 N–H and O–H groups in total. The molecule has 0 aliphatic carbocycles. The first-order valence-corrected chi connectivity index (χ1v) is 16.7. The smallest absolute Gasteiger partial charge is 0.328 e. The summed E-state index contributed by atoms with van der Waals surface area (Å²) in [5, 5.41) is 23.0. The number of likely N-dealkylation sites (N-methyl/N-ethyl adjacent to an activating group) is 1. The van der Waals surface area contributed by atoms with E-state index in [1.807, 2.05) is 18.2 Å². The van der Waals surface area contributed by atoms with Crippen molar-refractivity contribution in [3.05, 3.63) is 88.5 Å². The number of nitrogens with zero attached hydrogens (tertiary/aromatic N) is 4. The molecule has 2 fully saturated rings. The minimum atomic E-state index is -3.23. The number of aryl methyl sites for hydroxylation is 2. The number of benzene rings is 2. The lowest BCUT2D eigenvalue weighted by Crippen LogP contribution is -2.45. The normalized spacial score (nSPS) is 22.8. The lowest BCUT2D eigenvalue weighted by molar-refractivity contribution is -0.134. The molecule has 0 aromatic heterocycles. The van der Waals surface area contributed by atoms with Crippen molar-refractivity contribution >= 4 is 33.6 Å². The number of piperazine rings is 1. The van der Waals surface area contributed by atoms with Gasteiger partial charge in [-0.2, -0.15) is 5.10 Å². The highest BCUT2D eigenvalue weighted by Gasteiger charge is 2.46. The number of carboxylic acids is 2. The van der Waals surface area contributed by atoms with E-state index in [9.17, 15) is 18.0 Å².